The molecule has 2 nitrogen and oxygen atoms in total. The van der Waals surface area contributed by atoms with Gasteiger partial charge in [0.1, 0.15) is 0 Å². The maximum atomic E-state index is 5.83. The van der Waals surface area contributed by atoms with Crippen LogP contribution < -0.4 is 0 Å². The van der Waals surface area contributed by atoms with Gasteiger partial charge in [0.25, 0.3) is 0 Å². The molecule has 0 radical (unpaired) electrons. The summed E-state index contributed by atoms with van der Waals surface area (Å²) in [7, 11) is 0. The van der Waals surface area contributed by atoms with Gasteiger partial charge in [-0.25, -0.2) is 0 Å². The van der Waals surface area contributed by atoms with Crippen LogP contribution in [-0.2, 0) is 9.47 Å². The molecule has 2 heteroatoms. The Bertz CT molecular complexity index is 224. The molecule has 2 aliphatic rings. The predicted molar refractivity (Wildman–Crippen MR) is 56.2 cm³/mol. The van der Waals surface area contributed by atoms with Gasteiger partial charge in [0.05, 0.1) is 25.4 Å². The highest BCUT2D eigenvalue weighted by molar-refractivity contribution is 5.07. The van der Waals surface area contributed by atoms with Crippen molar-refractivity contribution in [3.63, 3.8) is 0 Å². The summed E-state index contributed by atoms with van der Waals surface area (Å²) in [4.78, 5) is 0. The van der Waals surface area contributed by atoms with Gasteiger partial charge < -0.3 is 9.47 Å². The highest BCUT2D eigenvalue weighted by Crippen LogP contribution is 2.38. The van der Waals surface area contributed by atoms with Crippen LogP contribution in [0.15, 0.2) is 12.2 Å². The largest absolute Gasteiger partial charge is 0.374 e. The highest BCUT2D eigenvalue weighted by Gasteiger charge is 2.46. The Morgan fingerprint density at radius 2 is 2.00 bits per heavy atom. The number of rotatable bonds is 3. The first-order valence-electron chi connectivity index (χ1n) is 5.62. The van der Waals surface area contributed by atoms with Crippen molar-refractivity contribution in [3.8, 4) is 0 Å². The molecule has 0 amide bonds. The minimum absolute atomic E-state index is 0.295. The van der Waals surface area contributed by atoms with Gasteiger partial charge in [-0.05, 0) is 13.3 Å². The smallest absolute Gasteiger partial charge is 0.0927 e. The van der Waals surface area contributed by atoms with E-state index in [1.54, 1.807) is 0 Å². The van der Waals surface area contributed by atoms with Gasteiger partial charge >= 0.3 is 0 Å². The Labute approximate surface area is 86.3 Å². The molecule has 0 saturated carbocycles. The lowest BCUT2D eigenvalue weighted by Crippen LogP contribution is -2.26. The van der Waals surface area contributed by atoms with Crippen molar-refractivity contribution in [1.29, 1.82) is 0 Å². The summed E-state index contributed by atoms with van der Waals surface area (Å²) in [6.07, 6.45) is 3.09. The molecule has 0 aliphatic carbocycles. The van der Waals surface area contributed by atoms with Crippen LogP contribution in [0.2, 0.25) is 0 Å². The minimum atomic E-state index is 0.295. The number of hydrogen-bond donors (Lipinski definition) is 0. The molecule has 0 spiro atoms. The van der Waals surface area contributed by atoms with Crippen LogP contribution in [0.1, 0.15) is 26.7 Å². The van der Waals surface area contributed by atoms with Crippen LogP contribution >= 0.6 is 0 Å². The zero-order valence-electron chi connectivity index (χ0n) is 9.16. The Kier molecular flexibility index (Phi) is 2.93. The summed E-state index contributed by atoms with van der Waals surface area (Å²) in [5.74, 6) is 1.05. The summed E-state index contributed by atoms with van der Waals surface area (Å²) in [6, 6.07) is 0. The maximum absolute atomic E-state index is 5.83. The van der Waals surface area contributed by atoms with E-state index in [0.29, 0.717) is 24.0 Å². The van der Waals surface area contributed by atoms with Gasteiger partial charge in [-0.15, -0.1) is 0 Å². The summed E-state index contributed by atoms with van der Waals surface area (Å²) in [5, 5.41) is 0. The lowest BCUT2D eigenvalue weighted by atomic mass is 9.90. The molecule has 0 aromatic rings. The van der Waals surface area contributed by atoms with E-state index in [-0.39, 0.29) is 0 Å². The minimum Gasteiger partial charge on any atom is -0.374 e. The molecular formula is C12H20O2. The molecule has 80 valence electrons. The maximum Gasteiger partial charge on any atom is 0.0927 e. The van der Waals surface area contributed by atoms with Crippen molar-refractivity contribution >= 4 is 0 Å². The van der Waals surface area contributed by atoms with E-state index in [2.05, 4.69) is 20.4 Å². The van der Waals surface area contributed by atoms with Crippen molar-refractivity contribution in [2.75, 3.05) is 13.2 Å². The fourth-order valence-corrected chi connectivity index (χ4v) is 2.62. The molecule has 2 heterocycles. The summed E-state index contributed by atoms with van der Waals surface area (Å²) in [6.45, 7) is 10.00. The average molecular weight is 196 g/mol. The van der Waals surface area contributed by atoms with Crippen molar-refractivity contribution in [2.45, 2.75) is 38.9 Å². The van der Waals surface area contributed by atoms with Crippen LogP contribution in [0.5, 0.6) is 0 Å². The number of ether oxygens (including phenoxy) is 2. The molecule has 2 aliphatic heterocycles. The van der Waals surface area contributed by atoms with Gasteiger partial charge in [0, 0.05) is 11.8 Å². The van der Waals surface area contributed by atoms with E-state index in [9.17, 15) is 0 Å². The topological polar surface area (TPSA) is 18.5 Å². The first-order chi connectivity index (χ1) is 6.74. The van der Waals surface area contributed by atoms with Gasteiger partial charge in [-0.1, -0.05) is 25.5 Å². The lowest BCUT2D eigenvalue weighted by molar-refractivity contribution is 0.0610. The second-order valence-corrected chi connectivity index (χ2v) is 4.60. The van der Waals surface area contributed by atoms with Gasteiger partial charge in [0.2, 0.25) is 0 Å². The summed E-state index contributed by atoms with van der Waals surface area (Å²) < 4.78 is 11.7. The van der Waals surface area contributed by atoms with E-state index in [1.165, 1.54) is 18.4 Å². The third-order valence-electron chi connectivity index (χ3n) is 3.45. The fraction of sp³-hybridized carbons (Fsp3) is 0.833. The van der Waals surface area contributed by atoms with E-state index in [0.717, 1.165) is 13.2 Å². The first-order valence-corrected chi connectivity index (χ1v) is 5.62. The zero-order valence-corrected chi connectivity index (χ0v) is 9.16. The SMILES string of the molecule is C=C(C)C1COC2C1OC[C@H]2CCC. The van der Waals surface area contributed by atoms with Crippen LogP contribution in [0.4, 0.5) is 0 Å². The lowest BCUT2D eigenvalue weighted by Gasteiger charge is -2.16. The molecule has 2 saturated heterocycles. The number of fused-ring (bicyclic) bond motifs is 1. The highest BCUT2D eigenvalue weighted by atomic mass is 16.6. The second kappa shape index (κ2) is 4.03. The normalized spacial score (nSPS) is 41.3. The summed E-state index contributed by atoms with van der Waals surface area (Å²) >= 11 is 0. The molecule has 0 N–H and O–H groups in total. The zero-order chi connectivity index (χ0) is 10.1. The van der Waals surface area contributed by atoms with Gasteiger partial charge in [-0.3, -0.25) is 0 Å². The Morgan fingerprint density at radius 1 is 1.29 bits per heavy atom. The molecule has 0 aromatic heterocycles. The van der Waals surface area contributed by atoms with Crippen molar-refractivity contribution in [2.24, 2.45) is 11.8 Å². The van der Waals surface area contributed by atoms with Crippen molar-refractivity contribution < 1.29 is 9.47 Å². The molecular weight excluding hydrogens is 176 g/mol. The van der Waals surface area contributed by atoms with Gasteiger partial charge in [-0.2, -0.15) is 0 Å². The average Bonchev–Trinajstić information content (AvgIpc) is 2.67. The molecule has 0 aromatic carbocycles. The van der Waals surface area contributed by atoms with E-state index >= 15 is 0 Å². The number of hydrogen-bond acceptors (Lipinski definition) is 2. The monoisotopic (exact) mass is 196 g/mol. The fourth-order valence-electron chi connectivity index (χ4n) is 2.62. The quantitative estimate of drug-likeness (QED) is 0.645. The van der Waals surface area contributed by atoms with E-state index < -0.39 is 0 Å². The molecule has 4 atom stereocenters. The molecule has 14 heavy (non-hydrogen) atoms. The Morgan fingerprint density at radius 3 is 2.64 bits per heavy atom. The first kappa shape index (κ1) is 10.2. The second-order valence-electron chi connectivity index (χ2n) is 4.60. The van der Waals surface area contributed by atoms with Crippen molar-refractivity contribution in [1.82, 2.24) is 0 Å². The van der Waals surface area contributed by atoms with E-state index in [1.807, 2.05) is 0 Å². The molecule has 2 fully saturated rings. The molecule has 2 rings (SSSR count). The summed E-state index contributed by atoms with van der Waals surface area (Å²) in [5.41, 5.74) is 1.20. The van der Waals surface area contributed by atoms with Crippen LogP contribution in [0, 0.1) is 11.8 Å². The Balaban J connectivity index is 2.00. The third kappa shape index (κ3) is 1.61. The van der Waals surface area contributed by atoms with E-state index in [4.69, 9.17) is 9.47 Å². The predicted octanol–water partition coefficient (Wildman–Crippen LogP) is 2.39. The van der Waals surface area contributed by atoms with Gasteiger partial charge in [0.15, 0.2) is 0 Å². The third-order valence-corrected chi connectivity index (χ3v) is 3.45. The Hall–Kier alpha value is -0.340. The standard InChI is InChI=1S/C12H20O2/c1-4-5-9-6-13-12-10(8(2)3)7-14-11(9)12/h9-12H,2,4-7H2,1,3H3/t9-,10?,11?,12?/m1/s1. The van der Waals surface area contributed by atoms with Crippen molar-refractivity contribution in [3.05, 3.63) is 12.2 Å². The van der Waals surface area contributed by atoms with Crippen LogP contribution in [-0.4, -0.2) is 25.4 Å². The molecule has 3 unspecified atom stereocenters. The van der Waals surface area contributed by atoms with Crippen LogP contribution in [0.3, 0.4) is 0 Å². The molecule has 0 bridgehead atoms. The van der Waals surface area contributed by atoms with Crippen LogP contribution in [0.25, 0.3) is 0 Å².